The van der Waals surface area contributed by atoms with E-state index in [2.05, 4.69) is 10.6 Å². The SMILES string of the molecule is CC(C)(C)OC(=O)CCC(=O)NCC1CCC(=O)N1. The first-order chi connectivity index (χ1) is 8.76. The summed E-state index contributed by atoms with van der Waals surface area (Å²) in [6, 6.07) is 0.0120. The van der Waals surface area contributed by atoms with Gasteiger partial charge in [-0.15, -0.1) is 0 Å². The van der Waals surface area contributed by atoms with Crippen molar-refractivity contribution in [2.75, 3.05) is 6.54 Å². The lowest BCUT2D eigenvalue weighted by molar-refractivity contribution is -0.155. The van der Waals surface area contributed by atoms with Gasteiger partial charge in [0.2, 0.25) is 11.8 Å². The molecule has 0 radical (unpaired) electrons. The standard InChI is InChI=1S/C13H22N2O4/c1-13(2,3)19-12(18)7-6-10(16)14-8-9-4-5-11(17)15-9/h9H,4-8H2,1-3H3,(H,14,16)(H,15,17). The van der Waals surface area contributed by atoms with Gasteiger partial charge in [-0.3, -0.25) is 14.4 Å². The molecular formula is C13H22N2O4. The highest BCUT2D eigenvalue weighted by molar-refractivity contribution is 5.82. The molecule has 0 aromatic rings. The number of hydrogen-bond acceptors (Lipinski definition) is 4. The molecule has 19 heavy (non-hydrogen) atoms. The maximum atomic E-state index is 11.5. The summed E-state index contributed by atoms with van der Waals surface area (Å²) >= 11 is 0. The van der Waals surface area contributed by atoms with Crippen LogP contribution in [0.25, 0.3) is 0 Å². The zero-order chi connectivity index (χ0) is 14.5. The van der Waals surface area contributed by atoms with E-state index in [0.717, 1.165) is 6.42 Å². The van der Waals surface area contributed by atoms with Crippen LogP contribution in [0.15, 0.2) is 0 Å². The number of hydrogen-bond donors (Lipinski definition) is 2. The van der Waals surface area contributed by atoms with Gasteiger partial charge in [0.05, 0.1) is 6.42 Å². The molecule has 6 nitrogen and oxygen atoms in total. The van der Waals surface area contributed by atoms with Gasteiger partial charge < -0.3 is 15.4 Å². The summed E-state index contributed by atoms with van der Waals surface area (Å²) < 4.78 is 5.10. The van der Waals surface area contributed by atoms with Crippen molar-refractivity contribution >= 4 is 17.8 Å². The van der Waals surface area contributed by atoms with Crippen LogP contribution in [-0.4, -0.2) is 36.0 Å². The molecule has 1 atom stereocenters. The molecule has 1 rings (SSSR count). The molecule has 0 aromatic heterocycles. The topological polar surface area (TPSA) is 84.5 Å². The smallest absolute Gasteiger partial charge is 0.306 e. The van der Waals surface area contributed by atoms with Crippen LogP contribution in [0.1, 0.15) is 46.5 Å². The summed E-state index contributed by atoms with van der Waals surface area (Å²) in [7, 11) is 0. The lowest BCUT2D eigenvalue weighted by atomic mass is 10.2. The fourth-order valence-corrected chi connectivity index (χ4v) is 1.76. The molecule has 0 spiro atoms. The van der Waals surface area contributed by atoms with Crippen LogP contribution < -0.4 is 10.6 Å². The molecule has 0 bridgehead atoms. The number of carbonyl (C=O) groups excluding carboxylic acids is 3. The quantitative estimate of drug-likeness (QED) is 0.713. The Morgan fingerprint density at radius 3 is 2.58 bits per heavy atom. The second-order valence-corrected chi connectivity index (χ2v) is 5.69. The summed E-state index contributed by atoms with van der Waals surface area (Å²) in [6.07, 6.45) is 1.43. The average molecular weight is 270 g/mol. The molecule has 1 aliphatic heterocycles. The van der Waals surface area contributed by atoms with Crippen LogP contribution in [-0.2, 0) is 19.1 Å². The molecule has 1 heterocycles. The average Bonchev–Trinajstić information content (AvgIpc) is 2.67. The van der Waals surface area contributed by atoms with Crippen LogP contribution in [0.3, 0.4) is 0 Å². The third-order valence-electron chi connectivity index (χ3n) is 2.61. The number of nitrogens with one attached hydrogen (secondary N) is 2. The first-order valence-electron chi connectivity index (χ1n) is 6.54. The normalized spacial score (nSPS) is 18.9. The minimum atomic E-state index is -0.526. The van der Waals surface area contributed by atoms with Gasteiger partial charge in [-0.2, -0.15) is 0 Å². The molecule has 6 heteroatoms. The van der Waals surface area contributed by atoms with Crippen molar-refractivity contribution in [1.29, 1.82) is 0 Å². The Morgan fingerprint density at radius 1 is 1.37 bits per heavy atom. The lowest BCUT2D eigenvalue weighted by Crippen LogP contribution is -2.38. The number of esters is 1. The fraction of sp³-hybridized carbons (Fsp3) is 0.769. The Hall–Kier alpha value is -1.59. The predicted molar refractivity (Wildman–Crippen MR) is 69.3 cm³/mol. The van der Waals surface area contributed by atoms with E-state index in [1.54, 1.807) is 20.8 Å². The zero-order valence-corrected chi connectivity index (χ0v) is 11.7. The highest BCUT2D eigenvalue weighted by Gasteiger charge is 2.21. The van der Waals surface area contributed by atoms with Crippen molar-refractivity contribution in [3.63, 3.8) is 0 Å². The van der Waals surface area contributed by atoms with Crippen molar-refractivity contribution in [3.05, 3.63) is 0 Å². The summed E-state index contributed by atoms with van der Waals surface area (Å²) in [4.78, 5) is 33.9. The number of amides is 2. The summed E-state index contributed by atoms with van der Waals surface area (Å²) in [5, 5.41) is 5.46. The number of carbonyl (C=O) groups is 3. The number of ether oxygens (including phenoxy) is 1. The van der Waals surface area contributed by atoms with E-state index in [1.165, 1.54) is 0 Å². The zero-order valence-electron chi connectivity index (χ0n) is 11.7. The molecule has 0 aliphatic carbocycles. The maximum Gasteiger partial charge on any atom is 0.306 e. The molecule has 1 unspecified atom stereocenters. The van der Waals surface area contributed by atoms with Gasteiger partial charge in [0.15, 0.2) is 0 Å². The minimum Gasteiger partial charge on any atom is -0.460 e. The van der Waals surface area contributed by atoms with E-state index in [0.29, 0.717) is 13.0 Å². The Kier molecular flexibility index (Phi) is 5.32. The van der Waals surface area contributed by atoms with Gasteiger partial charge in [-0.25, -0.2) is 0 Å². The number of rotatable bonds is 5. The van der Waals surface area contributed by atoms with Crippen molar-refractivity contribution in [2.24, 2.45) is 0 Å². The lowest BCUT2D eigenvalue weighted by Gasteiger charge is -2.19. The second kappa shape index (κ2) is 6.54. The van der Waals surface area contributed by atoms with Crippen molar-refractivity contribution < 1.29 is 19.1 Å². The summed E-state index contributed by atoms with van der Waals surface area (Å²) in [5.74, 6) is -0.558. The molecule has 0 saturated carbocycles. The second-order valence-electron chi connectivity index (χ2n) is 5.69. The fourth-order valence-electron chi connectivity index (χ4n) is 1.76. The van der Waals surface area contributed by atoms with Gasteiger partial charge in [-0.05, 0) is 27.2 Å². The molecule has 1 fully saturated rings. The third kappa shape index (κ3) is 6.79. The van der Waals surface area contributed by atoms with Crippen LogP contribution in [0.2, 0.25) is 0 Å². The van der Waals surface area contributed by atoms with E-state index < -0.39 is 5.60 Å². The third-order valence-corrected chi connectivity index (χ3v) is 2.61. The van der Waals surface area contributed by atoms with Gasteiger partial charge in [0.1, 0.15) is 5.60 Å². The van der Waals surface area contributed by atoms with Gasteiger partial charge in [0.25, 0.3) is 0 Å². The Morgan fingerprint density at radius 2 is 2.05 bits per heavy atom. The van der Waals surface area contributed by atoms with E-state index in [1.807, 2.05) is 0 Å². The van der Waals surface area contributed by atoms with Crippen LogP contribution in [0, 0.1) is 0 Å². The van der Waals surface area contributed by atoms with E-state index in [4.69, 9.17) is 4.74 Å². The van der Waals surface area contributed by atoms with Crippen LogP contribution in [0.4, 0.5) is 0 Å². The Bertz CT molecular complexity index is 360. The maximum absolute atomic E-state index is 11.5. The highest BCUT2D eigenvalue weighted by Crippen LogP contribution is 2.09. The van der Waals surface area contributed by atoms with Gasteiger partial charge in [-0.1, -0.05) is 0 Å². The molecule has 1 saturated heterocycles. The molecule has 108 valence electrons. The summed E-state index contributed by atoms with van der Waals surface area (Å²) in [6.45, 7) is 5.77. The monoisotopic (exact) mass is 270 g/mol. The molecule has 2 N–H and O–H groups in total. The van der Waals surface area contributed by atoms with Crippen molar-refractivity contribution in [1.82, 2.24) is 10.6 Å². The first kappa shape index (κ1) is 15.5. The first-order valence-corrected chi connectivity index (χ1v) is 6.54. The van der Waals surface area contributed by atoms with Crippen LogP contribution >= 0.6 is 0 Å². The van der Waals surface area contributed by atoms with E-state index in [-0.39, 0.29) is 36.7 Å². The van der Waals surface area contributed by atoms with Crippen molar-refractivity contribution in [2.45, 2.75) is 58.1 Å². The van der Waals surface area contributed by atoms with E-state index in [9.17, 15) is 14.4 Å². The molecule has 2 amide bonds. The molecule has 0 aromatic carbocycles. The predicted octanol–water partition coefficient (Wildman–Crippen LogP) is 0.503. The Balaban J connectivity index is 2.14. The Labute approximate surface area is 113 Å². The van der Waals surface area contributed by atoms with Crippen LogP contribution in [0.5, 0.6) is 0 Å². The minimum absolute atomic E-state index is 0.0120. The van der Waals surface area contributed by atoms with Crippen molar-refractivity contribution in [3.8, 4) is 0 Å². The molecular weight excluding hydrogens is 248 g/mol. The largest absolute Gasteiger partial charge is 0.460 e. The van der Waals surface area contributed by atoms with Gasteiger partial charge in [0, 0.05) is 25.4 Å². The van der Waals surface area contributed by atoms with E-state index >= 15 is 0 Å². The molecule has 1 aliphatic rings. The summed E-state index contributed by atoms with van der Waals surface area (Å²) in [5.41, 5.74) is -0.526. The highest BCUT2D eigenvalue weighted by atomic mass is 16.6. The van der Waals surface area contributed by atoms with Gasteiger partial charge >= 0.3 is 5.97 Å².